The molecule has 1 aliphatic rings. The first kappa shape index (κ1) is 14.8. The normalized spacial score (nSPS) is 15.5. The van der Waals surface area contributed by atoms with E-state index < -0.39 is 0 Å². The molecule has 1 atom stereocenters. The van der Waals surface area contributed by atoms with Gasteiger partial charge in [-0.1, -0.05) is 42.5 Å². The van der Waals surface area contributed by atoms with Gasteiger partial charge in [0.25, 0.3) is 0 Å². The molecular weight excluding hydrogens is 272 g/mol. The molecule has 0 spiro atoms. The van der Waals surface area contributed by atoms with Crippen molar-refractivity contribution in [1.82, 2.24) is 0 Å². The maximum Gasteiger partial charge on any atom is 0.227 e. The van der Waals surface area contributed by atoms with Crippen LogP contribution in [0.15, 0.2) is 48.5 Å². The van der Waals surface area contributed by atoms with Crippen LogP contribution in [0.2, 0.25) is 0 Å². The first-order chi connectivity index (χ1) is 10.7. The van der Waals surface area contributed by atoms with Crippen LogP contribution >= 0.6 is 0 Å². The molecule has 2 N–H and O–H groups in total. The second kappa shape index (κ2) is 6.32. The summed E-state index contributed by atoms with van der Waals surface area (Å²) in [5.74, 6) is 0.219. The second-order valence-corrected chi connectivity index (χ2v) is 5.82. The predicted octanol–water partition coefficient (Wildman–Crippen LogP) is 3.23. The molecule has 3 rings (SSSR count). The number of rotatable bonds is 4. The average Bonchev–Trinajstić information content (AvgIpc) is 2.55. The quantitative estimate of drug-likeness (QED) is 0.941. The number of amides is 1. The summed E-state index contributed by atoms with van der Waals surface area (Å²) in [6, 6.07) is 16.6. The zero-order valence-electron chi connectivity index (χ0n) is 13.0. The van der Waals surface area contributed by atoms with Crippen molar-refractivity contribution in [1.29, 1.82) is 0 Å². The van der Waals surface area contributed by atoms with Gasteiger partial charge in [-0.15, -0.1) is 0 Å². The van der Waals surface area contributed by atoms with Gasteiger partial charge in [0, 0.05) is 24.7 Å². The maximum absolute atomic E-state index is 11.9. The molecule has 3 heteroatoms. The van der Waals surface area contributed by atoms with Gasteiger partial charge in [-0.3, -0.25) is 4.79 Å². The van der Waals surface area contributed by atoms with Gasteiger partial charge in [-0.05, 0) is 42.5 Å². The van der Waals surface area contributed by atoms with Crippen LogP contribution in [0.4, 0.5) is 5.69 Å². The molecule has 0 radical (unpaired) electrons. The Bertz CT molecular complexity index is 666. The number of aryl methyl sites for hydroxylation is 1. The molecule has 0 aliphatic carbocycles. The molecule has 1 amide bonds. The van der Waals surface area contributed by atoms with E-state index in [1.165, 1.54) is 11.1 Å². The van der Waals surface area contributed by atoms with E-state index >= 15 is 0 Å². The predicted molar refractivity (Wildman–Crippen MR) is 89.9 cm³/mol. The van der Waals surface area contributed by atoms with Gasteiger partial charge in [0.15, 0.2) is 0 Å². The van der Waals surface area contributed by atoms with E-state index in [9.17, 15) is 4.79 Å². The van der Waals surface area contributed by atoms with Gasteiger partial charge in [-0.25, -0.2) is 0 Å². The Morgan fingerprint density at radius 2 is 1.91 bits per heavy atom. The molecule has 0 saturated carbocycles. The first-order valence-electron chi connectivity index (χ1n) is 7.91. The third kappa shape index (κ3) is 2.90. The van der Waals surface area contributed by atoms with Crippen molar-refractivity contribution < 1.29 is 4.79 Å². The van der Waals surface area contributed by atoms with E-state index in [2.05, 4.69) is 30.3 Å². The van der Waals surface area contributed by atoms with Crippen LogP contribution in [-0.4, -0.2) is 12.5 Å². The zero-order chi connectivity index (χ0) is 15.5. The Morgan fingerprint density at radius 3 is 2.64 bits per heavy atom. The summed E-state index contributed by atoms with van der Waals surface area (Å²) in [6.45, 7) is 2.74. The van der Waals surface area contributed by atoms with Gasteiger partial charge in [0.2, 0.25) is 5.91 Å². The Hall–Kier alpha value is -2.13. The maximum atomic E-state index is 11.9. The van der Waals surface area contributed by atoms with Crippen molar-refractivity contribution in [2.45, 2.75) is 32.2 Å². The van der Waals surface area contributed by atoms with Gasteiger partial charge in [0.05, 0.1) is 0 Å². The smallest absolute Gasteiger partial charge is 0.227 e. The summed E-state index contributed by atoms with van der Waals surface area (Å²) in [4.78, 5) is 13.8. The summed E-state index contributed by atoms with van der Waals surface area (Å²) in [7, 11) is 0. The van der Waals surface area contributed by atoms with Crippen LogP contribution in [0, 0.1) is 0 Å². The Kier molecular flexibility index (Phi) is 4.25. The number of hydrogen-bond acceptors (Lipinski definition) is 2. The summed E-state index contributed by atoms with van der Waals surface area (Å²) in [5, 5.41) is 0. The standard InChI is InChI=1S/C19H22N2O/c1-2-21-18-10-8-15(13-16(18)9-11-19(21)22)17(20)12-14-6-4-3-5-7-14/h3-8,10,13,17H,2,9,11-12,20H2,1H3. The molecule has 1 aliphatic heterocycles. The highest BCUT2D eigenvalue weighted by molar-refractivity contribution is 5.96. The third-order valence-corrected chi connectivity index (χ3v) is 4.35. The van der Waals surface area contributed by atoms with E-state index in [1.54, 1.807) is 0 Å². The topological polar surface area (TPSA) is 46.3 Å². The molecule has 1 heterocycles. The number of carbonyl (C=O) groups excluding carboxylic acids is 1. The van der Waals surface area contributed by atoms with E-state index in [0.717, 1.165) is 30.6 Å². The van der Waals surface area contributed by atoms with Gasteiger partial charge in [0.1, 0.15) is 0 Å². The largest absolute Gasteiger partial charge is 0.324 e. The number of carbonyl (C=O) groups is 1. The minimum atomic E-state index is -0.0135. The van der Waals surface area contributed by atoms with Gasteiger partial charge < -0.3 is 10.6 Å². The number of nitrogens with zero attached hydrogens (tertiary/aromatic N) is 1. The third-order valence-electron chi connectivity index (χ3n) is 4.35. The monoisotopic (exact) mass is 294 g/mol. The van der Waals surface area contributed by atoms with Crippen molar-refractivity contribution in [2.24, 2.45) is 5.73 Å². The molecule has 0 bridgehead atoms. The number of nitrogens with two attached hydrogens (primary N) is 1. The van der Waals surface area contributed by atoms with E-state index in [1.807, 2.05) is 30.0 Å². The molecule has 2 aromatic carbocycles. The molecule has 3 nitrogen and oxygen atoms in total. The molecule has 0 fully saturated rings. The molecular formula is C19H22N2O. The number of benzene rings is 2. The number of fused-ring (bicyclic) bond motifs is 1. The highest BCUT2D eigenvalue weighted by atomic mass is 16.2. The Balaban J connectivity index is 1.83. The van der Waals surface area contributed by atoms with Crippen LogP contribution < -0.4 is 10.6 Å². The summed E-state index contributed by atoms with van der Waals surface area (Å²) in [6.07, 6.45) is 2.24. The van der Waals surface area contributed by atoms with Crippen molar-refractivity contribution in [3.05, 3.63) is 65.2 Å². The lowest BCUT2D eigenvalue weighted by atomic mass is 9.94. The van der Waals surface area contributed by atoms with Crippen LogP contribution in [-0.2, 0) is 17.6 Å². The molecule has 2 aromatic rings. The molecule has 0 saturated heterocycles. The van der Waals surface area contributed by atoms with Crippen molar-refractivity contribution in [2.75, 3.05) is 11.4 Å². The summed E-state index contributed by atoms with van der Waals surface area (Å²) < 4.78 is 0. The van der Waals surface area contributed by atoms with Crippen molar-refractivity contribution >= 4 is 11.6 Å². The van der Waals surface area contributed by atoms with Crippen molar-refractivity contribution in [3.8, 4) is 0 Å². The lowest BCUT2D eigenvalue weighted by Gasteiger charge is -2.29. The Labute approximate surface area is 131 Å². The van der Waals surface area contributed by atoms with Crippen LogP contribution in [0.25, 0.3) is 0 Å². The van der Waals surface area contributed by atoms with Crippen LogP contribution in [0.5, 0.6) is 0 Å². The zero-order valence-corrected chi connectivity index (χ0v) is 13.0. The average molecular weight is 294 g/mol. The molecule has 1 unspecified atom stereocenters. The molecule has 0 aromatic heterocycles. The van der Waals surface area contributed by atoms with Crippen molar-refractivity contribution in [3.63, 3.8) is 0 Å². The Morgan fingerprint density at radius 1 is 1.14 bits per heavy atom. The SMILES string of the molecule is CCN1C(=O)CCc2cc(C(N)Cc3ccccc3)ccc21. The van der Waals surface area contributed by atoms with Crippen LogP contribution in [0.3, 0.4) is 0 Å². The van der Waals surface area contributed by atoms with E-state index in [4.69, 9.17) is 5.73 Å². The van der Waals surface area contributed by atoms with E-state index in [0.29, 0.717) is 6.42 Å². The summed E-state index contributed by atoms with van der Waals surface area (Å²) >= 11 is 0. The van der Waals surface area contributed by atoms with Gasteiger partial charge >= 0.3 is 0 Å². The fourth-order valence-corrected chi connectivity index (χ4v) is 3.14. The highest BCUT2D eigenvalue weighted by Gasteiger charge is 2.23. The minimum absolute atomic E-state index is 0.0135. The lowest BCUT2D eigenvalue weighted by Crippen LogP contribution is -2.34. The second-order valence-electron chi connectivity index (χ2n) is 5.82. The first-order valence-corrected chi connectivity index (χ1v) is 7.91. The lowest BCUT2D eigenvalue weighted by molar-refractivity contribution is -0.118. The number of anilines is 1. The minimum Gasteiger partial charge on any atom is -0.324 e. The molecule has 114 valence electrons. The molecule has 22 heavy (non-hydrogen) atoms. The highest BCUT2D eigenvalue weighted by Crippen LogP contribution is 2.30. The fraction of sp³-hybridized carbons (Fsp3) is 0.316. The fourth-order valence-electron chi connectivity index (χ4n) is 3.14. The summed E-state index contributed by atoms with van der Waals surface area (Å²) in [5.41, 5.74) is 11.1. The number of hydrogen-bond donors (Lipinski definition) is 1. The van der Waals surface area contributed by atoms with E-state index in [-0.39, 0.29) is 11.9 Å². The van der Waals surface area contributed by atoms with Gasteiger partial charge in [-0.2, -0.15) is 0 Å². The van der Waals surface area contributed by atoms with Crippen LogP contribution in [0.1, 0.15) is 36.1 Å².